The fraction of sp³-hybridized carbons (Fsp3) is 0.333. The minimum absolute atomic E-state index is 1.09. The Balaban J connectivity index is 2.28. The van der Waals surface area contributed by atoms with Gasteiger partial charge in [0.05, 0.1) is 0 Å². The number of thioether (sulfide) groups is 1. The van der Waals surface area contributed by atoms with Crippen LogP contribution in [0.3, 0.4) is 0 Å². The molecule has 60 valence electrons. The van der Waals surface area contributed by atoms with Crippen molar-refractivity contribution in [1.82, 2.24) is 0 Å². The van der Waals surface area contributed by atoms with E-state index in [9.17, 15) is 0 Å². The molecule has 11 heavy (non-hydrogen) atoms. The first-order chi connectivity index (χ1) is 5.43. The molecular weight excluding hydrogens is 220 g/mol. The highest BCUT2D eigenvalue weighted by molar-refractivity contribution is 9.09. The van der Waals surface area contributed by atoms with Crippen LogP contribution in [0.1, 0.15) is 5.56 Å². The summed E-state index contributed by atoms with van der Waals surface area (Å²) in [6.45, 7) is 0. The number of benzene rings is 1. The summed E-state index contributed by atoms with van der Waals surface area (Å²) in [5.74, 6) is 2.32. The Morgan fingerprint density at radius 1 is 1.18 bits per heavy atom. The van der Waals surface area contributed by atoms with Gasteiger partial charge in [0.25, 0.3) is 0 Å². The Bertz CT molecular complexity index is 186. The van der Waals surface area contributed by atoms with Gasteiger partial charge in [-0.2, -0.15) is 11.8 Å². The van der Waals surface area contributed by atoms with Crippen LogP contribution in [0.2, 0.25) is 0 Å². The standard InChI is InChI=1S/C9H11BrS/c10-6-7-11-8-9-4-2-1-3-5-9/h1-5H,6-8H2. The molecule has 0 saturated heterocycles. The van der Waals surface area contributed by atoms with Crippen molar-refractivity contribution in [2.45, 2.75) is 5.75 Å². The average molecular weight is 231 g/mol. The van der Waals surface area contributed by atoms with Crippen LogP contribution in [0.15, 0.2) is 30.3 Å². The number of hydrogen-bond donors (Lipinski definition) is 0. The van der Waals surface area contributed by atoms with E-state index in [0.717, 1.165) is 11.1 Å². The van der Waals surface area contributed by atoms with Crippen molar-refractivity contribution in [1.29, 1.82) is 0 Å². The summed E-state index contributed by atoms with van der Waals surface area (Å²) in [5, 5.41) is 1.09. The summed E-state index contributed by atoms with van der Waals surface area (Å²) in [5.41, 5.74) is 1.42. The lowest BCUT2D eigenvalue weighted by molar-refractivity contribution is 1.40. The van der Waals surface area contributed by atoms with E-state index in [2.05, 4.69) is 46.3 Å². The van der Waals surface area contributed by atoms with Gasteiger partial charge in [-0.05, 0) is 5.56 Å². The van der Waals surface area contributed by atoms with Gasteiger partial charge in [0.2, 0.25) is 0 Å². The number of halogens is 1. The number of hydrogen-bond acceptors (Lipinski definition) is 1. The molecule has 0 fully saturated rings. The van der Waals surface area contributed by atoms with E-state index in [1.54, 1.807) is 0 Å². The van der Waals surface area contributed by atoms with Crippen LogP contribution in [-0.2, 0) is 5.75 Å². The molecule has 0 saturated carbocycles. The zero-order chi connectivity index (χ0) is 7.94. The third-order valence-corrected chi connectivity index (χ3v) is 3.28. The van der Waals surface area contributed by atoms with Crippen LogP contribution in [0.4, 0.5) is 0 Å². The average Bonchev–Trinajstić information content (AvgIpc) is 2.07. The Morgan fingerprint density at radius 2 is 1.91 bits per heavy atom. The van der Waals surface area contributed by atoms with Crippen LogP contribution < -0.4 is 0 Å². The highest BCUT2D eigenvalue weighted by Gasteiger charge is 1.89. The van der Waals surface area contributed by atoms with Crippen molar-refractivity contribution in [3.05, 3.63) is 35.9 Å². The summed E-state index contributed by atoms with van der Waals surface area (Å²) >= 11 is 5.36. The van der Waals surface area contributed by atoms with Gasteiger partial charge in [-0.15, -0.1) is 0 Å². The van der Waals surface area contributed by atoms with Crippen LogP contribution in [-0.4, -0.2) is 11.1 Å². The predicted molar refractivity (Wildman–Crippen MR) is 56.4 cm³/mol. The summed E-state index contributed by atoms with van der Waals surface area (Å²) < 4.78 is 0. The summed E-state index contributed by atoms with van der Waals surface area (Å²) in [7, 11) is 0. The van der Waals surface area contributed by atoms with Gasteiger partial charge in [0, 0.05) is 16.8 Å². The second-order valence-corrected chi connectivity index (χ2v) is 4.13. The summed E-state index contributed by atoms with van der Waals surface area (Å²) in [6.07, 6.45) is 0. The minimum Gasteiger partial charge on any atom is -0.156 e. The molecule has 0 atom stereocenters. The van der Waals surface area contributed by atoms with Crippen molar-refractivity contribution < 1.29 is 0 Å². The van der Waals surface area contributed by atoms with E-state index in [0.29, 0.717) is 0 Å². The highest BCUT2D eigenvalue weighted by Crippen LogP contribution is 2.11. The fourth-order valence-corrected chi connectivity index (χ4v) is 2.19. The van der Waals surface area contributed by atoms with Gasteiger partial charge in [-0.1, -0.05) is 46.3 Å². The third-order valence-electron chi connectivity index (χ3n) is 1.33. The second kappa shape index (κ2) is 5.67. The van der Waals surface area contributed by atoms with Crippen LogP contribution in [0.5, 0.6) is 0 Å². The van der Waals surface area contributed by atoms with Gasteiger partial charge >= 0.3 is 0 Å². The van der Waals surface area contributed by atoms with E-state index in [1.165, 1.54) is 11.3 Å². The highest BCUT2D eigenvalue weighted by atomic mass is 79.9. The topological polar surface area (TPSA) is 0 Å². The largest absolute Gasteiger partial charge is 0.156 e. The predicted octanol–water partition coefficient (Wildman–Crippen LogP) is 3.31. The van der Waals surface area contributed by atoms with Gasteiger partial charge in [0.1, 0.15) is 0 Å². The Kier molecular flexibility index (Phi) is 4.71. The maximum absolute atomic E-state index is 3.40. The van der Waals surface area contributed by atoms with Gasteiger partial charge in [0.15, 0.2) is 0 Å². The van der Waals surface area contributed by atoms with Crippen LogP contribution in [0.25, 0.3) is 0 Å². The molecule has 0 amide bonds. The van der Waals surface area contributed by atoms with Crippen molar-refractivity contribution in [3.8, 4) is 0 Å². The Labute approximate surface area is 80.5 Å². The zero-order valence-corrected chi connectivity index (χ0v) is 8.70. The van der Waals surface area contributed by atoms with Gasteiger partial charge in [-0.25, -0.2) is 0 Å². The molecule has 0 aliphatic carbocycles. The molecule has 1 rings (SSSR count). The lowest BCUT2D eigenvalue weighted by atomic mass is 10.2. The molecule has 0 spiro atoms. The monoisotopic (exact) mass is 230 g/mol. The Morgan fingerprint density at radius 3 is 2.55 bits per heavy atom. The zero-order valence-electron chi connectivity index (χ0n) is 6.29. The molecule has 0 N–H and O–H groups in total. The SMILES string of the molecule is BrCCSCc1ccccc1. The molecule has 0 heterocycles. The van der Waals surface area contributed by atoms with Crippen molar-refractivity contribution in [2.75, 3.05) is 11.1 Å². The molecular formula is C9H11BrS. The molecule has 0 unspecified atom stereocenters. The van der Waals surface area contributed by atoms with Gasteiger partial charge in [-0.3, -0.25) is 0 Å². The van der Waals surface area contributed by atoms with E-state index in [-0.39, 0.29) is 0 Å². The van der Waals surface area contributed by atoms with E-state index in [1.807, 2.05) is 11.8 Å². The van der Waals surface area contributed by atoms with Crippen LogP contribution in [0, 0.1) is 0 Å². The third kappa shape index (κ3) is 3.82. The number of alkyl halides is 1. The Hall–Kier alpha value is 0.0500. The van der Waals surface area contributed by atoms with Crippen molar-refractivity contribution in [3.63, 3.8) is 0 Å². The summed E-state index contributed by atoms with van der Waals surface area (Å²) in [4.78, 5) is 0. The van der Waals surface area contributed by atoms with Crippen molar-refractivity contribution in [2.24, 2.45) is 0 Å². The molecule has 0 aliphatic rings. The molecule has 2 heteroatoms. The fourth-order valence-electron chi connectivity index (χ4n) is 0.819. The maximum atomic E-state index is 3.40. The molecule has 0 nitrogen and oxygen atoms in total. The first-order valence-corrected chi connectivity index (χ1v) is 5.89. The van der Waals surface area contributed by atoms with E-state index >= 15 is 0 Å². The number of rotatable bonds is 4. The second-order valence-electron chi connectivity index (χ2n) is 2.23. The first-order valence-electron chi connectivity index (χ1n) is 3.61. The maximum Gasteiger partial charge on any atom is 0.0184 e. The molecule has 0 bridgehead atoms. The van der Waals surface area contributed by atoms with Crippen LogP contribution >= 0.6 is 27.7 Å². The molecule has 1 aromatic carbocycles. The smallest absolute Gasteiger partial charge is 0.0184 e. The molecule has 0 aliphatic heterocycles. The molecule has 1 aromatic rings. The van der Waals surface area contributed by atoms with E-state index < -0.39 is 0 Å². The molecule has 0 radical (unpaired) electrons. The summed E-state index contributed by atoms with van der Waals surface area (Å²) in [6, 6.07) is 10.6. The van der Waals surface area contributed by atoms with E-state index in [4.69, 9.17) is 0 Å². The lowest BCUT2D eigenvalue weighted by Crippen LogP contribution is -1.82. The minimum atomic E-state index is 1.09. The lowest BCUT2D eigenvalue weighted by Gasteiger charge is -1.97. The van der Waals surface area contributed by atoms with Crippen molar-refractivity contribution >= 4 is 27.7 Å². The quantitative estimate of drug-likeness (QED) is 0.565. The van der Waals surface area contributed by atoms with Gasteiger partial charge < -0.3 is 0 Å². The first kappa shape index (κ1) is 9.14. The molecule has 0 aromatic heterocycles. The normalized spacial score (nSPS) is 9.91.